The minimum Gasteiger partial charge on any atom is -0.493 e. The summed E-state index contributed by atoms with van der Waals surface area (Å²) in [5, 5.41) is 2.96. The van der Waals surface area contributed by atoms with Crippen molar-refractivity contribution in [1.29, 1.82) is 0 Å². The Morgan fingerprint density at radius 1 is 1.25 bits per heavy atom. The van der Waals surface area contributed by atoms with E-state index < -0.39 is 0 Å². The average Bonchev–Trinajstić information content (AvgIpc) is 2.78. The number of hydrogen-bond donors (Lipinski definition) is 1. The van der Waals surface area contributed by atoms with Gasteiger partial charge in [-0.25, -0.2) is 0 Å². The quantitative estimate of drug-likeness (QED) is 0.765. The maximum Gasteiger partial charge on any atom is 0.224 e. The van der Waals surface area contributed by atoms with Gasteiger partial charge in [-0.1, -0.05) is 40.2 Å². The van der Waals surface area contributed by atoms with Gasteiger partial charge in [0, 0.05) is 11.0 Å². The van der Waals surface area contributed by atoms with Crippen LogP contribution >= 0.6 is 15.9 Å². The molecule has 2 rings (SSSR count). The number of carbonyl (C=O) groups excluding carboxylic acids is 1. The van der Waals surface area contributed by atoms with E-state index >= 15 is 0 Å². The van der Waals surface area contributed by atoms with Crippen molar-refractivity contribution in [3.05, 3.63) is 58.1 Å². The van der Waals surface area contributed by atoms with Crippen molar-refractivity contribution in [2.45, 2.75) is 19.3 Å². The van der Waals surface area contributed by atoms with E-state index in [1.807, 2.05) is 30.4 Å². The van der Waals surface area contributed by atoms with E-state index in [0.717, 1.165) is 28.5 Å². The Balaban J connectivity index is 1.82. The van der Waals surface area contributed by atoms with Gasteiger partial charge >= 0.3 is 0 Å². The van der Waals surface area contributed by atoms with Gasteiger partial charge < -0.3 is 14.8 Å². The lowest BCUT2D eigenvalue weighted by Crippen LogP contribution is -2.25. The molecule has 4 nitrogen and oxygen atoms in total. The summed E-state index contributed by atoms with van der Waals surface area (Å²) in [7, 11) is 3.23. The molecule has 1 aromatic rings. The normalized spacial score (nSPS) is 13.6. The number of methoxy groups -OCH3 is 2. The summed E-state index contributed by atoms with van der Waals surface area (Å²) >= 11 is 3.46. The molecule has 0 atom stereocenters. The monoisotopic (exact) mass is 391 g/mol. The van der Waals surface area contributed by atoms with Crippen molar-refractivity contribution in [1.82, 2.24) is 5.32 Å². The predicted octanol–water partition coefficient (Wildman–Crippen LogP) is 3.92. The Morgan fingerprint density at radius 3 is 2.79 bits per heavy atom. The van der Waals surface area contributed by atoms with Gasteiger partial charge in [0.15, 0.2) is 11.5 Å². The van der Waals surface area contributed by atoms with Crippen LogP contribution in [0.2, 0.25) is 0 Å². The minimum absolute atomic E-state index is 0.0279. The highest BCUT2D eigenvalue weighted by atomic mass is 79.9. The van der Waals surface area contributed by atoms with Gasteiger partial charge in [0.05, 0.1) is 20.6 Å². The molecule has 0 saturated heterocycles. The van der Waals surface area contributed by atoms with E-state index in [1.165, 1.54) is 0 Å². The zero-order valence-electron chi connectivity index (χ0n) is 14.0. The van der Waals surface area contributed by atoms with Crippen LogP contribution < -0.4 is 14.8 Å². The molecule has 24 heavy (non-hydrogen) atoms. The van der Waals surface area contributed by atoms with Crippen molar-refractivity contribution in [2.24, 2.45) is 0 Å². The van der Waals surface area contributed by atoms with Crippen molar-refractivity contribution < 1.29 is 14.3 Å². The fourth-order valence-electron chi connectivity index (χ4n) is 2.44. The first kappa shape index (κ1) is 18.3. The molecule has 0 fully saturated rings. The van der Waals surface area contributed by atoms with Crippen LogP contribution in [-0.2, 0) is 11.2 Å². The third kappa shape index (κ3) is 5.57. The van der Waals surface area contributed by atoms with E-state index in [2.05, 4.69) is 33.4 Å². The maximum absolute atomic E-state index is 12.1. The lowest BCUT2D eigenvalue weighted by Gasteiger charge is -2.10. The van der Waals surface area contributed by atoms with Crippen LogP contribution in [0.1, 0.15) is 18.4 Å². The molecule has 128 valence electrons. The first-order chi connectivity index (χ1) is 11.6. The summed E-state index contributed by atoms with van der Waals surface area (Å²) in [6.07, 6.45) is 10.1. The van der Waals surface area contributed by atoms with Crippen LogP contribution in [0.15, 0.2) is 52.6 Å². The number of amides is 1. The number of allylic oxidation sites excluding steroid dienone is 5. The summed E-state index contributed by atoms with van der Waals surface area (Å²) in [6, 6.07) is 5.79. The number of nitrogens with one attached hydrogen (secondary N) is 1. The number of hydrogen-bond acceptors (Lipinski definition) is 3. The van der Waals surface area contributed by atoms with Crippen LogP contribution in [0.3, 0.4) is 0 Å². The molecule has 1 amide bonds. The fourth-order valence-corrected chi connectivity index (χ4v) is 2.92. The highest BCUT2D eigenvalue weighted by molar-refractivity contribution is 9.11. The molecule has 0 spiro atoms. The zero-order chi connectivity index (χ0) is 17.4. The average molecular weight is 392 g/mol. The minimum atomic E-state index is 0.0279. The predicted molar refractivity (Wildman–Crippen MR) is 99.7 cm³/mol. The highest BCUT2D eigenvalue weighted by Gasteiger charge is 2.07. The van der Waals surface area contributed by atoms with Gasteiger partial charge in [-0.05, 0) is 42.2 Å². The topological polar surface area (TPSA) is 47.6 Å². The van der Waals surface area contributed by atoms with Gasteiger partial charge in [-0.3, -0.25) is 4.79 Å². The van der Waals surface area contributed by atoms with Gasteiger partial charge in [-0.15, -0.1) is 0 Å². The molecule has 0 aliphatic heterocycles. The van der Waals surface area contributed by atoms with E-state index in [-0.39, 0.29) is 5.91 Å². The Labute approximate surface area is 151 Å². The summed E-state index contributed by atoms with van der Waals surface area (Å²) in [4.78, 5) is 12.1. The molecule has 5 heteroatoms. The molecular formula is C19H22BrNO3. The maximum atomic E-state index is 12.1. The van der Waals surface area contributed by atoms with Crippen LogP contribution in [0.25, 0.3) is 0 Å². The van der Waals surface area contributed by atoms with Crippen LogP contribution in [-0.4, -0.2) is 26.7 Å². The van der Waals surface area contributed by atoms with E-state index in [9.17, 15) is 4.79 Å². The Kier molecular flexibility index (Phi) is 7.12. The van der Waals surface area contributed by atoms with Crippen LogP contribution in [0.4, 0.5) is 0 Å². The molecule has 1 N–H and O–H groups in total. The number of carbonyl (C=O) groups is 1. The van der Waals surface area contributed by atoms with E-state index in [0.29, 0.717) is 24.5 Å². The largest absolute Gasteiger partial charge is 0.493 e. The van der Waals surface area contributed by atoms with Crippen molar-refractivity contribution in [2.75, 3.05) is 20.8 Å². The number of rotatable bonds is 7. The summed E-state index contributed by atoms with van der Waals surface area (Å²) in [5.41, 5.74) is 2.11. The molecule has 0 heterocycles. The summed E-state index contributed by atoms with van der Waals surface area (Å²) < 4.78 is 11.5. The highest BCUT2D eigenvalue weighted by Crippen LogP contribution is 2.27. The second-order valence-corrected chi connectivity index (χ2v) is 6.33. The van der Waals surface area contributed by atoms with Crippen molar-refractivity contribution >= 4 is 21.8 Å². The lowest BCUT2D eigenvalue weighted by molar-refractivity contribution is -0.120. The van der Waals surface area contributed by atoms with E-state index in [1.54, 1.807) is 14.2 Å². The van der Waals surface area contributed by atoms with Gasteiger partial charge in [0.2, 0.25) is 5.91 Å². The number of benzene rings is 1. The molecule has 1 aliphatic carbocycles. The molecular weight excluding hydrogens is 370 g/mol. The summed E-state index contributed by atoms with van der Waals surface area (Å²) in [6.45, 7) is 0.588. The second-order valence-electron chi connectivity index (χ2n) is 5.41. The van der Waals surface area contributed by atoms with Crippen LogP contribution in [0, 0.1) is 0 Å². The molecule has 0 aromatic heterocycles. The summed E-state index contributed by atoms with van der Waals surface area (Å²) in [5.74, 6) is 1.43. The first-order valence-corrected chi connectivity index (χ1v) is 8.62. The molecule has 0 unspecified atom stereocenters. The Bertz CT molecular complexity index is 677. The van der Waals surface area contributed by atoms with E-state index in [4.69, 9.17) is 9.47 Å². The third-order valence-corrected chi connectivity index (χ3v) is 4.16. The fraction of sp³-hybridized carbons (Fsp3) is 0.316. The SMILES string of the molecule is COc1ccc(CCNC(=O)CC2=CCC=CC(Br)=C2)cc1OC. The molecule has 1 aromatic carbocycles. The lowest BCUT2D eigenvalue weighted by atomic mass is 10.1. The van der Waals surface area contributed by atoms with Gasteiger partial charge in [0.25, 0.3) is 0 Å². The number of halogens is 1. The van der Waals surface area contributed by atoms with Crippen molar-refractivity contribution in [3.63, 3.8) is 0 Å². The Hall–Kier alpha value is -2.01. The zero-order valence-corrected chi connectivity index (χ0v) is 15.6. The number of ether oxygens (including phenoxy) is 2. The molecule has 0 saturated carbocycles. The molecule has 0 bridgehead atoms. The standard InChI is InChI=1S/C19H22BrNO3/c1-23-17-8-7-14(12-18(17)24-2)9-10-21-19(22)13-15-5-3-4-6-16(20)11-15/h4-8,11-12H,3,9-10,13H2,1-2H3,(H,21,22). The van der Waals surface area contributed by atoms with Crippen LogP contribution in [0.5, 0.6) is 11.5 Å². The molecule has 1 aliphatic rings. The first-order valence-electron chi connectivity index (χ1n) is 7.82. The molecule has 0 radical (unpaired) electrons. The van der Waals surface area contributed by atoms with Crippen molar-refractivity contribution in [3.8, 4) is 11.5 Å². The smallest absolute Gasteiger partial charge is 0.224 e. The van der Waals surface area contributed by atoms with Gasteiger partial charge in [0.1, 0.15) is 0 Å². The Morgan fingerprint density at radius 2 is 2.04 bits per heavy atom. The third-order valence-electron chi connectivity index (χ3n) is 3.66. The van der Waals surface area contributed by atoms with Gasteiger partial charge in [-0.2, -0.15) is 0 Å². The second kappa shape index (κ2) is 9.33.